The summed E-state index contributed by atoms with van der Waals surface area (Å²) < 4.78 is 18.3. The van der Waals surface area contributed by atoms with Gasteiger partial charge in [-0.25, -0.2) is 4.39 Å². The Balaban J connectivity index is 0.00000225. The van der Waals surface area contributed by atoms with E-state index in [0.29, 0.717) is 18.8 Å². The number of ether oxygens (including phenoxy) is 1. The highest BCUT2D eigenvalue weighted by atomic mass is 35.5. The van der Waals surface area contributed by atoms with Crippen LogP contribution in [0.25, 0.3) is 0 Å². The molecular weight excluding hydrogens is 343 g/mol. The standard InChI is InChI=1S/C19H21FN2O2.ClH/c20-15-6-8-16(9-7-15)24-11-10-19(23)22-12-17(18(21)13-22)14-4-2-1-3-5-14;/h1-9,17-18H,10-13,21H2;1H/t17-,18+;/m0./s1. The number of nitrogens with zero attached hydrogens (tertiary/aromatic N) is 1. The molecule has 2 aromatic carbocycles. The van der Waals surface area contributed by atoms with Crippen molar-refractivity contribution in [1.29, 1.82) is 0 Å². The Kier molecular flexibility index (Phi) is 6.79. The van der Waals surface area contributed by atoms with Gasteiger partial charge in [0.15, 0.2) is 0 Å². The molecule has 1 fully saturated rings. The number of likely N-dealkylation sites (tertiary alicyclic amines) is 1. The van der Waals surface area contributed by atoms with Gasteiger partial charge < -0.3 is 15.4 Å². The number of amides is 1. The van der Waals surface area contributed by atoms with E-state index in [2.05, 4.69) is 12.1 Å². The maximum Gasteiger partial charge on any atom is 0.226 e. The molecule has 2 aromatic rings. The second kappa shape index (κ2) is 8.83. The molecule has 1 amide bonds. The van der Waals surface area contributed by atoms with Crippen molar-refractivity contribution in [1.82, 2.24) is 4.90 Å². The number of halogens is 2. The summed E-state index contributed by atoms with van der Waals surface area (Å²) >= 11 is 0. The van der Waals surface area contributed by atoms with Crippen LogP contribution in [0, 0.1) is 5.82 Å². The Hall–Kier alpha value is -2.11. The van der Waals surface area contributed by atoms with E-state index >= 15 is 0 Å². The lowest BCUT2D eigenvalue weighted by atomic mass is 9.95. The highest BCUT2D eigenvalue weighted by Gasteiger charge is 2.33. The van der Waals surface area contributed by atoms with E-state index in [4.69, 9.17) is 10.5 Å². The van der Waals surface area contributed by atoms with Gasteiger partial charge in [-0.2, -0.15) is 0 Å². The predicted octanol–water partition coefficient (Wildman–Crippen LogP) is 2.97. The van der Waals surface area contributed by atoms with Crippen LogP contribution in [-0.4, -0.2) is 36.5 Å². The summed E-state index contributed by atoms with van der Waals surface area (Å²) in [6.45, 7) is 1.47. The minimum absolute atomic E-state index is 0. The van der Waals surface area contributed by atoms with E-state index in [9.17, 15) is 9.18 Å². The Bertz CT molecular complexity index is 682. The highest BCUT2D eigenvalue weighted by molar-refractivity contribution is 5.85. The molecule has 0 aromatic heterocycles. The Morgan fingerprint density at radius 1 is 1.12 bits per heavy atom. The molecule has 3 rings (SSSR count). The molecule has 2 N–H and O–H groups in total. The van der Waals surface area contributed by atoms with Crippen LogP contribution in [0.5, 0.6) is 5.75 Å². The molecule has 134 valence electrons. The highest BCUT2D eigenvalue weighted by Crippen LogP contribution is 2.26. The van der Waals surface area contributed by atoms with E-state index in [1.165, 1.54) is 17.7 Å². The van der Waals surface area contributed by atoms with Crippen molar-refractivity contribution in [2.24, 2.45) is 5.73 Å². The largest absolute Gasteiger partial charge is 0.493 e. The van der Waals surface area contributed by atoms with Crippen molar-refractivity contribution in [3.8, 4) is 5.75 Å². The third-order valence-corrected chi connectivity index (χ3v) is 4.34. The fraction of sp³-hybridized carbons (Fsp3) is 0.316. The van der Waals surface area contributed by atoms with Crippen LogP contribution >= 0.6 is 12.4 Å². The first kappa shape index (κ1) is 19.2. The molecule has 1 heterocycles. The molecule has 0 spiro atoms. The summed E-state index contributed by atoms with van der Waals surface area (Å²) in [5.41, 5.74) is 7.38. The second-order valence-electron chi connectivity index (χ2n) is 6.03. The number of carbonyl (C=O) groups is 1. The minimum atomic E-state index is -0.309. The molecular formula is C19H22ClFN2O2. The fourth-order valence-electron chi connectivity index (χ4n) is 3.03. The Morgan fingerprint density at radius 2 is 1.80 bits per heavy atom. The van der Waals surface area contributed by atoms with Crippen LogP contribution in [0.15, 0.2) is 54.6 Å². The molecule has 0 aliphatic carbocycles. The maximum absolute atomic E-state index is 12.8. The third kappa shape index (κ3) is 4.94. The van der Waals surface area contributed by atoms with Crippen LogP contribution in [0.1, 0.15) is 17.9 Å². The number of benzene rings is 2. The SMILES string of the molecule is Cl.N[C@@H]1CN(C(=O)CCOc2ccc(F)cc2)C[C@H]1c1ccccc1. The molecule has 0 saturated carbocycles. The first-order valence-corrected chi connectivity index (χ1v) is 8.10. The van der Waals surface area contributed by atoms with E-state index in [0.717, 1.165) is 0 Å². The zero-order valence-electron chi connectivity index (χ0n) is 13.8. The van der Waals surface area contributed by atoms with Crippen LogP contribution < -0.4 is 10.5 Å². The van der Waals surface area contributed by atoms with Gasteiger partial charge in [-0.1, -0.05) is 30.3 Å². The molecule has 0 bridgehead atoms. The van der Waals surface area contributed by atoms with Crippen molar-refractivity contribution in [3.63, 3.8) is 0 Å². The summed E-state index contributed by atoms with van der Waals surface area (Å²) in [5, 5.41) is 0. The van der Waals surface area contributed by atoms with Crippen molar-refractivity contribution in [3.05, 3.63) is 66.0 Å². The number of carbonyl (C=O) groups excluding carboxylic acids is 1. The number of nitrogens with two attached hydrogens (primary N) is 1. The van der Waals surface area contributed by atoms with E-state index < -0.39 is 0 Å². The van der Waals surface area contributed by atoms with Crippen LogP contribution in [0.2, 0.25) is 0 Å². The fourth-order valence-corrected chi connectivity index (χ4v) is 3.03. The van der Waals surface area contributed by atoms with Crippen molar-refractivity contribution in [2.45, 2.75) is 18.4 Å². The zero-order chi connectivity index (χ0) is 16.9. The molecule has 1 saturated heterocycles. The topological polar surface area (TPSA) is 55.6 Å². The first-order chi connectivity index (χ1) is 11.6. The van der Waals surface area contributed by atoms with Crippen LogP contribution in [0.3, 0.4) is 0 Å². The normalized spacial score (nSPS) is 19.4. The second-order valence-corrected chi connectivity index (χ2v) is 6.03. The van der Waals surface area contributed by atoms with Gasteiger partial charge in [0.1, 0.15) is 11.6 Å². The van der Waals surface area contributed by atoms with Crippen molar-refractivity contribution < 1.29 is 13.9 Å². The monoisotopic (exact) mass is 364 g/mol. The van der Waals surface area contributed by atoms with Gasteiger partial charge >= 0.3 is 0 Å². The van der Waals surface area contributed by atoms with Gasteiger partial charge in [0.25, 0.3) is 0 Å². The van der Waals surface area contributed by atoms with E-state index in [-0.39, 0.29) is 49.1 Å². The average molecular weight is 365 g/mol. The summed E-state index contributed by atoms with van der Waals surface area (Å²) in [6.07, 6.45) is 0.283. The third-order valence-electron chi connectivity index (χ3n) is 4.34. The van der Waals surface area contributed by atoms with Crippen LogP contribution in [-0.2, 0) is 4.79 Å². The zero-order valence-corrected chi connectivity index (χ0v) is 14.6. The lowest BCUT2D eigenvalue weighted by molar-refractivity contribution is -0.130. The molecule has 25 heavy (non-hydrogen) atoms. The van der Waals surface area contributed by atoms with Gasteiger partial charge in [0.2, 0.25) is 5.91 Å². The summed E-state index contributed by atoms with van der Waals surface area (Å²) in [7, 11) is 0. The average Bonchev–Trinajstić information content (AvgIpc) is 2.99. The van der Waals surface area contributed by atoms with Gasteiger partial charge in [-0.15, -0.1) is 12.4 Å². The molecule has 6 heteroatoms. The van der Waals surface area contributed by atoms with E-state index in [1.54, 1.807) is 17.0 Å². The molecule has 0 unspecified atom stereocenters. The lowest BCUT2D eigenvalue weighted by Gasteiger charge is -2.16. The minimum Gasteiger partial charge on any atom is -0.493 e. The van der Waals surface area contributed by atoms with Crippen LogP contribution in [0.4, 0.5) is 4.39 Å². The van der Waals surface area contributed by atoms with Gasteiger partial charge in [0, 0.05) is 25.0 Å². The molecule has 2 atom stereocenters. The van der Waals surface area contributed by atoms with Crippen molar-refractivity contribution >= 4 is 18.3 Å². The molecule has 1 aliphatic heterocycles. The smallest absolute Gasteiger partial charge is 0.226 e. The van der Waals surface area contributed by atoms with Gasteiger partial charge in [-0.05, 0) is 29.8 Å². The van der Waals surface area contributed by atoms with Gasteiger partial charge in [0.05, 0.1) is 13.0 Å². The summed E-state index contributed by atoms with van der Waals surface area (Å²) in [4.78, 5) is 14.1. The molecule has 0 radical (unpaired) electrons. The predicted molar refractivity (Wildman–Crippen MR) is 97.5 cm³/mol. The van der Waals surface area contributed by atoms with Gasteiger partial charge in [-0.3, -0.25) is 4.79 Å². The lowest BCUT2D eigenvalue weighted by Crippen LogP contribution is -2.32. The summed E-state index contributed by atoms with van der Waals surface area (Å²) in [5.74, 6) is 0.458. The summed E-state index contributed by atoms with van der Waals surface area (Å²) in [6, 6.07) is 15.8. The quantitative estimate of drug-likeness (QED) is 0.887. The van der Waals surface area contributed by atoms with E-state index in [1.807, 2.05) is 18.2 Å². The number of hydrogen-bond donors (Lipinski definition) is 1. The Labute approximate surface area is 153 Å². The Morgan fingerprint density at radius 3 is 2.48 bits per heavy atom. The maximum atomic E-state index is 12.8. The molecule has 1 aliphatic rings. The molecule has 4 nitrogen and oxygen atoms in total. The first-order valence-electron chi connectivity index (χ1n) is 8.10. The number of rotatable bonds is 5. The van der Waals surface area contributed by atoms with Crippen molar-refractivity contribution in [2.75, 3.05) is 19.7 Å². The number of hydrogen-bond acceptors (Lipinski definition) is 3.